The number of rotatable bonds is 3. The van der Waals surface area contributed by atoms with Crippen molar-refractivity contribution in [3.8, 4) is 0 Å². The Morgan fingerprint density at radius 1 is 1.26 bits per heavy atom. The van der Waals surface area contributed by atoms with Crippen LogP contribution >= 0.6 is 22.6 Å². The summed E-state index contributed by atoms with van der Waals surface area (Å²) < 4.78 is 5.45. The lowest BCUT2D eigenvalue weighted by molar-refractivity contribution is -0.165. The minimum atomic E-state index is -0.496. The first-order valence-corrected chi connectivity index (χ1v) is 7.71. The van der Waals surface area contributed by atoms with Crippen LogP contribution in [0.2, 0.25) is 0 Å². The molecular weight excluding hydrogens is 353 g/mol. The van der Waals surface area contributed by atoms with Gasteiger partial charge in [0, 0.05) is 12.8 Å². The number of carbonyl (C=O) groups is 1. The van der Waals surface area contributed by atoms with Crippen molar-refractivity contribution in [1.29, 1.82) is 0 Å². The second-order valence-corrected chi connectivity index (χ2v) is 8.17. The quantitative estimate of drug-likeness (QED) is 0.503. The van der Waals surface area contributed by atoms with E-state index < -0.39 is 9.02 Å². The third-order valence-corrected chi connectivity index (χ3v) is 3.92. The molecule has 1 heterocycles. The average molecular weight is 373 g/mol. The van der Waals surface area contributed by atoms with Crippen LogP contribution in [0.15, 0.2) is 30.3 Å². The monoisotopic (exact) mass is 373 g/mol. The Morgan fingerprint density at radius 2 is 1.84 bits per heavy atom. The van der Waals surface area contributed by atoms with Gasteiger partial charge in [-0.25, -0.2) is 0 Å². The van der Waals surface area contributed by atoms with E-state index in [2.05, 4.69) is 40.0 Å². The van der Waals surface area contributed by atoms with Crippen LogP contribution in [0.3, 0.4) is 0 Å². The Labute approximate surface area is 128 Å². The molecule has 2 rings (SSSR count). The summed E-state index contributed by atoms with van der Waals surface area (Å²) in [6.45, 7) is 5.53. The van der Waals surface area contributed by atoms with Gasteiger partial charge >= 0.3 is 5.97 Å². The van der Waals surface area contributed by atoms with Crippen molar-refractivity contribution in [1.82, 2.24) is 5.32 Å². The van der Waals surface area contributed by atoms with E-state index in [1.807, 2.05) is 32.0 Å². The van der Waals surface area contributed by atoms with E-state index in [0.29, 0.717) is 0 Å². The number of ether oxygens (including phenoxy) is 1. The summed E-state index contributed by atoms with van der Waals surface area (Å²) in [6, 6.07) is 10.1. The van der Waals surface area contributed by atoms with E-state index in [-0.39, 0.29) is 5.97 Å². The molecule has 0 atom stereocenters. The van der Waals surface area contributed by atoms with Gasteiger partial charge < -0.3 is 10.1 Å². The van der Waals surface area contributed by atoms with Crippen molar-refractivity contribution in [2.75, 3.05) is 13.1 Å². The molecule has 0 spiro atoms. The Balaban J connectivity index is 2.28. The summed E-state index contributed by atoms with van der Waals surface area (Å²) >= 11 is 2.13. The number of carbonyl (C=O) groups excluding carboxylic acids is 1. The van der Waals surface area contributed by atoms with Crippen LogP contribution in [-0.4, -0.2) is 22.5 Å². The zero-order valence-electron chi connectivity index (χ0n) is 11.4. The van der Waals surface area contributed by atoms with E-state index in [9.17, 15) is 4.79 Å². The third kappa shape index (κ3) is 3.48. The van der Waals surface area contributed by atoms with E-state index in [4.69, 9.17) is 4.74 Å². The number of alkyl halides is 1. The number of hydrogen-bond acceptors (Lipinski definition) is 3. The zero-order chi connectivity index (χ0) is 13.9. The molecule has 104 valence electrons. The first-order chi connectivity index (χ1) is 8.94. The molecule has 1 aliphatic heterocycles. The third-order valence-electron chi connectivity index (χ3n) is 3.48. The molecule has 0 unspecified atom stereocenters. The zero-order valence-corrected chi connectivity index (χ0v) is 13.6. The maximum Gasteiger partial charge on any atom is 0.322 e. The normalized spacial score (nSPS) is 18.9. The molecule has 0 saturated carbocycles. The predicted octanol–water partition coefficient (Wildman–Crippen LogP) is 3.02. The van der Waals surface area contributed by atoms with Crippen molar-refractivity contribution in [3.05, 3.63) is 35.9 Å². The lowest BCUT2D eigenvalue weighted by Gasteiger charge is -2.39. The molecule has 0 radical (unpaired) electrons. The van der Waals surface area contributed by atoms with Gasteiger partial charge in [-0.15, -0.1) is 0 Å². The summed E-state index contributed by atoms with van der Waals surface area (Å²) in [5, 5.41) is 3.33. The van der Waals surface area contributed by atoms with Crippen LogP contribution < -0.4 is 5.32 Å². The van der Waals surface area contributed by atoms with E-state index >= 15 is 0 Å². The fraction of sp³-hybridized carbons (Fsp3) is 0.533. The number of piperidine rings is 1. The maximum atomic E-state index is 12.3. The van der Waals surface area contributed by atoms with Crippen LogP contribution in [0.5, 0.6) is 0 Å². The number of nitrogens with one attached hydrogen (secondary N) is 1. The van der Waals surface area contributed by atoms with Crippen molar-refractivity contribution >= 4 is 28.6 Å². The van der Waals surface area contributed by atoms with Crippen LogP contribution in [0.4, 0.5) is 0 Å². The van der Waals surface area contributed by atoms with E-state index in [0.717, 1.165) is 31.5 Å². The minimum Gasteiger partial charge on any atom is -0.453 e. The van der Waals surface area contributed by atoms with Gasteiger partial charge in [0.2, 0.25) is 0 Å². The summed E-state index contributed by atoms with van der Waals surface area (Å²) in [4.78, 5) is 12.3. The molecule has 0 aromatic heterocycles. The molecule has 0 amide bonds. The molecule has 1 saturated heterocycles. The van der Waals surface area contributed by atoms with Gasteiger partial charge in [0.05, 0.1) is 0 Å². The van der Waals surface area contributed by atoms with Gasteiger partial charge in [-0.2, -0.15) is 0 Å². The Bertz CT molecular complexity index is 433. The Kier molecular flexibility index (Phi) is 4.50. The molecule has 1 N–H and O–H groups in total. The largest absolute Gasteiger partial charge is 0.453 e. The van der Waals surface area contributed by atoms with E-state index in [1.54, 1.807) is 0 Å². The molecule has 1 aliphatic rings. The highest BCUT2D eigenvalue weighted by atomic mass is 127. The predicted molar refractivity (Wildman–Crippen MR) is 84.4 cm³/mol. The van der Waals surface area contributed by atoms with E-state index in [1.165, 1.54) is 0 Å². The van der Waals surface area contributed by atoms with Gasteiger partial charge in [-0.05, 0) is 32.5 Å². The van der Waals surface area contributed by atoms with Crippen molar-refractivity contribution in [3.63, 3.8) is 0 Å². The fourth-order valence-corrected chi connectivity index (χ4v) is 2.43. The summed E-state index contributed by atoms with van der Waals surface area (Å²) in [7, 11) is 0. The first kappa shape index (κ1) is 14.8. The van der Waals surface area contributed by atoms with Crippen molar-refractivity contribution < 1.29 is 9.53 Å². The number of halogens is 1. The second-order valence-electron chi connectivity index (χ2n) is 5.47. The van der Waals surface area contributed by atoms with Crippen molar-refractivity contribution in [2.45, 2.75) is 35.7 Å². The summed E-state index contributed by atoms with van der Waals surface area (Å²) in [6.07, 6.45) is 1.66. The molecule has 1 aromatic rings. The second kappa shape index (κ2) is 5.79. The summed E-state index contributed by atoms with van der Waals surface area (Å²) in [5.74, 6) is -0.140. The molecule has 1 fully saturated rings. The van der Waals surface area contributed by atoms with Gasteiger partial charge in [-0.3, -0.25) is 4.79 Å². The van der Waals surface area contributed by atoms with Gasteiger partial charge in [0.1, 0.15) is 9.02 Å². The lowest BCUT2D eigenvalue weighted by Crippen LogP contribution is -2.45. The van der Waals surface area contributed by atoms with Gasteiger partial charge in [-0.1, -0.05) is 52.9 Å². The Morgan fingerprint density at radius 3 is 2.37 bits per heavy atom. The Hall–Kier alpha value is -0.620. The van der Waals surface area contributed by atoms with Gasteiger partial charge in [0.25, 0.3) is 0 Å². The number of esters is 1. The molecule has 0 aliphatic carbocycles. The maximum absolute atomic E-state index is 12.3. The molecule has 4 heteroatoms. The lowest BCUT2D eigenvalue weighted by atomic mass is 9.84. The topological polar surface area (TPSA) is 38.3 Å². The SMILES string of the molecule is CC(C)(I)C(=O)OC1(c2ccccc2)CCNCC1. The highest BCUT2D eigenvalue weighted by Crippen LogP contribution is 2.37. The minimum absolute atomic E-state index is 0.140. The average Bonchev–Trinajstić information content (AvgIpc) is 2.40. The van der Waals surface area contributed by atoms with Gasteiger partial charge in [0.15, 0.2) is 0 Å². The number of hydrogen-bond donors (Lipinski definition) is 1. The molecular formula is C15H20INO2. The molecule has 19 heavy (non-hydrogen) atoms. The highest BCUT2D eigenvalue weighted by molar-refractivity contribution is 14.1. The van der Waals surface area contributed by atoms with Crippen molar-refractivity contribution in [2.24, 2.45) is 0 Å². The fourth-order valence-electron chi connectivity index (χ4n) is 2.32. The molecule has 0 bridgehead atoms. The van der Waals surface area contributed by atoms with Crippen LogP contribution in [0.25, 0.3) is 0 Å². The van der Waals surface area contributed by atoms with Crippen LogP contribution in [0, 0.1) is 0 Å². The standard InChI is InChI=1S/C15H20INO2/c1-14(2,16)13(18)19-15(8-10-17-11-9-15)12-6-4-3-5-7-12/h3-7,17H,8-11H2,1-2H3. The smallest absolute Gasteiger partial charge is 0.322 e. The van der Waals surface area contributed by atoms with Crippen LogP contribution in [0.1, 0.15) is 32.3 Å². The first-order valence-electron chi connectivity index (χ1n) is 6.63. The molecule has 1 aromatic carbocycles. The summed E-state index contributed by atoms with van der Waals surface area (Å²) in [5.41, 5.74) is 0.636. The number of benzene rings is 1. The molecule has 3 nitrogen and oxygen atoms in total. The highest BCUT2D eigenvalue weighted by Gasteiger charge is 2.40. The van der Waals surface area contributed by atoms with Crippen LogP contribution in [-0.2, 0) is 15.1 Å².